The van der Waals surface area contributed by atoms with Crippen molar-refractivity contribution >= 4 is 17.5 Å². The number of hydrogen-bond donors (Lipinski definition) is 1. The average molecular weight is 404 g/mol. The van der Waals surface area contributed by atoms with E-state index in [1.165, 1.54) is 0 Å². The molecule has 154 valence electrons. The fourth-order valence-corrected chi connectivity index (χ4v) is 3.86. The molecule has 0 aliphatic carbocycles. The molecule has 1 aliphatic heterocycles. The lowest BCUT2D eigenvalue weighted by molar-refractivity contribution is -0.116. The predicted molar refractivity (Wildman–Crippen MR) is 114 cm³/mol. The lowest BCUT2D eigenvalue weighted by atomic mass is 10.0. The van der Waals surface area contributed by atoms with Gasteiger partial charge in [0.2, 0.25) is 5.91 Å². The number of rotatable bonds is 5. The quantitative estimate of drug-likeness (QED) is 0.710. The summed E-state index contributed by atoms with van der Waals surface area (Å²) in [6.07, 6.45) is 4.30. The van der Waals surface area contributed by atoms with Crippen LogP contribution in [-0.2, 0) is 18.3 Å². The Bertz CT molecular complexity index is 1110. The molecule has 1 N–H and O–H groups in total. The number of benzene rings is 2. The van der Waals surface area contributed by atoms with E-state index in [-0.39, 0.29) is 11.8 Å². The van der Waals surface area contributed by atoms with E-state index in [0.717, 1.165) is 29.1 Å². The molecular weight excluding hydrogens is 380 g/mol. The second-order valence-electron chi connectivity index (χ2n) is 7.34. The summed E-state index contributed by atoms with van der Waals surface area (Å²) in [4.78, 5) is 31.1. The molecule has 30 heavy (non-hydrogen) atoms. The summed E-state index contributed by atoms with van der Waals surface area (Å²) in [5, 5.41) is 3.11. The Balaban J connectivity index is 1.64. The van der Waals surface area contributed by atoms with Gasteiger partial charge in [0.15, 0.2) is 0 Å². The van der Waals surface area contributed by atoms with Gasteiger partial charge in [-0.15, -0.1) is 0 Å². The van der Waals surface area contributed by atoms with Crippen LogP contribution in [0.5, 0.6) is 5.75 Å². The largest absolute Gasteiger partial charge is 0.497 e. The number of aryl methyl sites for hydroxylation is 1. The number of nitrogens with zero attached hydrogens (tertiary/aromatic N) is 3. The van der Waals surface area contributed by atoms with Crippen LogP contribution in [0.1, 0.15) is 40.3 Å². The molecule has 0 radical (unpaired) electrons. The number of carbonyl (C=O) groups excluding carboxylic acids is 2. The second kappa shape index (κ2) is 8.02. The number of methoxy groups -OCH3 is 1. The van der Waals surface area contributed by atoms with Crippen LogP contribution in [-0.4, -0.2) is 35.0 Å². The highest BCUT2D eigenvalue weighted by Gasteiger charge is 2.25. The van der Waals surface area contributed by atoms with Gasteiger partial charge in [-0.2, -0.15) is 0 Å². The van der Waals surface area contributed by atoms with Crippen LogP contribution in [0, 0.1) is 0 Å². The van der Waals surface area contributed by atoms with Crippen LogP contribution in [0.15, 0.2) is 54.9 Å². The maximum atomic E-state index is 13.1. The molecule has 3 aromatic rings. The van der Waals surface area contributed by atoms with E-state index in [0.29, 0.717) is 17.9 Å². The fraction of sp³-hybridized carbons (Fsp3) is 0.261. The highest BCUT2D eigenvalue weighted by Crippen LogP contribution is 2.30. The molecule has 1 aliphatic rings. The van der Waals surface area contributed by atoms with Gasteiger partial charge in [0.05, 0.1) is 7.11 Å². The summed E-state index contributed by atoms with van der Waals surface area (Å²) in [7, 11) is 3.51. The van der Waals surface area contributed by atoms with Crippen LogP contribution in [0.3, 0.4) is 0 Å². The topological polar surface area (TPSA) is 76.5 Å². The summed E-state index contributed by atoms with van der Waals surface area (Å²) in [5.41, 5.74) is 3.32. The van der Waals surface area contributed by atoms with E-state index in [2.05, 4.69) is 10.3 Å². The van der Waals surface area contributed by atoms with Gasteiger partial charge >= 0.3 is 0 Å². The van der Waals surface area contributed by atoms with Crippen molar-refractivity contribution in [1.82, 2.24) is 14.9 Å². The molecule has 2 heterocycles. The molecule has 0 fully saturated rings. The second-order valence-corrected chi connectivity index (χ2v) is 7.34. The molecule has 0 spiro atoms. The zero-order chi connectivity index (χ0) is 21.3. The zero-order valence-electron chi connectivity index (χ0n) is 17.3. The van der Waals surface area contributed by atoms with Crippen molar-refractivity contribution in [3.8, 4) is 5.75 Å². The van der Waals surface area contributed by atoms with Gasteiger partial charge in [-0.25, -0.2) is 4.98 Å². The van der Waals surface area contributed by atoms with E-state index < -0.39 is 6.04 Å². The molecule has 4 rings (SSSR count). The molecule has 2 aromatic carbocycles. The first-order chi connectivity index (χ1) is 14.5. The Kier molecular flexibility index (Phi) is 5.27. The average Bonchev–Trinajstić information content (AvgIpc) is 3.37. The number of amides is 2. The van der Waals surface area contributed by atoms with Crippen molar-refractivity contribution in [2.75, 3.05) is 18.6 Å². The molecule has 1 aromatic heterocycles. The third kappa shape index (κ3) is 3.66. The Labute approximate surface area is 175 Å². The van der Waals surface area contributed by atoms with E-state index in [1.54, 1.807) is 31.2 Å². The summed E-state index contributed by atoms with van der Waals surface area (Å²) in [6.45, 7) is 2.21. The molecular formula is C23H24N4O3. The normalized spacial score (nSPS) is 13.6. The van der Waals surface area contributed by atoms with Crippen LogP contribution >= 0.6 is 0 Å². The van der Waals surface area contributed by atoms with Crippen molar-refractivity contribution in [2.24, 2.45) is 7.05 Å². The first kappa shape index (κ1) is 19.7. The van der Waals surface area contributed by atoms with Crippen molar-refractivity contribution in [2.45, 2.75) is 19.4 Å². The van der Waals surface area contributed by atoms with Crippen molar-refractivity contribution in [3.05, 3.63) is 77.4 Å². The Morgan fingerprint density at radius 2 is 2.03 bits per heavy atom. The SMILES string of the molecule is COc1cccc(C(NC(=O)c2ccc3c(c2)CCN3C(C)=O)c2nccn2C)c1. The highest BCUT2D eigenvalue weighted by molar-refractivity contribution is 5.98. The van der Waals surface area contributed by atoms with Crippen LogP contribution < -0.4 is 15.0 Å². The first-order valence-electron chi connectivity index (χ1n) is 9.81. The number of aromatic nitrogens is 2. The van der Waals surface area contributed by atoms with E-state index in [9.17, 15) is 9.59 Å². The standard InChI is InChI=1S/C23H24N4O3/c1-15(28)27-11-9-16-13-18(7-8-20(16)27)23(29)25-21(22-24-10-12-26(22)2)17-5-4-6-19(14-17)30-3/h4-8,10,12-14,21H,9,11H2,1-3H3,(H,25,29). The predicted octanol–water partition coefficient (Wildman–Crippen LogP) is 2.86. The van der Waals surface area contributed by atoms with Gasteiger partial charge in [-0.1, -0.05) is 12.1 Å². The maximum absolute atomic E-state index is 13.1. The van der Waals surface area contributed by atoms with Gasteiger partial charge in [-0.3, -0.25) is 9.59 Å². The smallest absolute Gasteiger partial charge is 0.252 e. The van der Waals surface area contributed by atoms with E-state index in [4.69, 9.17) is 4.74 Å². The molecule has 1 unspecified atom stereocenters. The molecule has 0 saturated heterocycles. The van der Waals surface area contributed by atoms with E-state index in [1.807, 2.05) is 54.2 Å². The maximum Gasteiger partial charge on any atom is 0.252 e. The van der Waals surface area contributed by atoms with Gasteiger partial charge in [0.1, 0.15) is 17.6 Å². The number of nitrogens with one attached hydrogen (secondary N) is 1. The monoisotopic (exact) mass is 404 g/mol. The van der Waals surface area contributed by atoms with Crippen molar-refractivity contribution in [3.63, 3.8) is 0 Å². The van der Waals surface area contributed by atoms with Gasteiger partial charge in [0.25, 0.3) is 5.91 Å². The number of hydrogen-bond acceptors (Lipinski definition) is 4. The van der Waals surface area contributed by atoms with Gasteiger partial charge in [-0.05, 0) is 47.9 Å². The van der Waals surface area contributed by atoms with Crippen molar-refractivity contribution in [1.29, 1.82) is 0 Å². The summed E-state index contributed by atoms with van der Waals surface area (Å²) in [5.74, 6) is 1.25. The Hall–Kier alpha value is -3.61. The minimum absolute atomic E-state index is 0.0128. The number of fused-ring (bicyclic) bond motifs is 1. The lowest BCUT2D eigenvalue weighted by Crippen LogP contribution is -2.31. The summed E-state index contributed by atoms with van der Waals surface area (Å²) >= 11 is 0. The first-order valence-corrected chi connectivity index (χ1v) is 9.81. The van der Waals surface area contributed by atoms with Crippen LogP contribution in [0.4, 0.5) is 5.69 Å². The molecule has 7 nitrogen and oxygen atoms in total. The third-order valence-corrected chi connectivity index (χ3v) is 5.44. The zero-order valence-corrected chi connectivity index (χ0v) is 17.3. The van der Waals surface area contributed by atoms with Crippen LogP contribution in [0.2, 0.25) is 0 Å². The summed E-state index contributed by atoms with van der Waals surface area (Å²) in [6, 6.07) is 12.6. The van der Waals surface area contributed by atoms with Crippen molar-refractivity contribution < 1.29 is 14.3 Å². The number of imidazole rings is 1. The van der Waals surface area contributed by atoms with Gasteiger partial charge in [0, 0.05) is 44.2 Å². The fourth-order valence-electron chi connectivity index (χ4n) is 3.86. The molecule has 0 bridgehead atoms. The summed E-state index contributed by atoms with van der Waals surface area (Å²) < 4.78 is 7.24. The van der Waals surface area contributed by atoms with Crippen LogP contribution in [0.25, 0.3) is 0 Å². The lowest BCUT2D eigenvalue weighted by Gasteiger charge is -2.20. The van der Waals surface area contributed by atoms with E-state index >= 15 is 0 Å². The Morgan fingerprint density at radius 1 is 1.20 bits per heavy atom. The third-order valence-electron chi connectivity index (χ3n) is 5.44. The number of ether oxygens (including phenoxy) is 1. The molecule has 2 amide bonds. The number of anilines is 1. The van der Waals surface area contributed by atoms with Gasteiger partial charge < -0.3 is 19.5 Å². The minimum Gasteiger partial charge on any atom is -0.497 e. The molecule has 7 heteroatoms. The molecule has 1 atom stereocenters. The Morgan fingerprint density at radius 3 is 2.73 bits per heavy atom. The minimum atomic E-state index is -0.436. The highest BCUT2D eigenvalue weighted by atomic mass is 16.5. The number of carbonyl (C=O) groups is 2. The molecule has 0 saturated carbocycles.